The molecular weight excluding hydrogens is 239 g/mol. The van der Waals surface area contributed by atoms with Crippen molar-refractivity contribution in [3.05, 3.63) is 23.5 Å². The number of halogens is 1. The third-order valence-electron chi connectivity index (χ3n) is 2.73. The number of hydrogen-bond acceptors (Lipinski definition) is 4. The van der Waals surface area contributed by atoms with Crippen LogP contribution in [0.4, 0.5) is 10.1 Å². The SMILES string of the molecule is COc1c(C#N)ccc(NC(=O)[C@]2(C)CO2)c1F. The molecule has 0 spiro atoms. The van der Waals surface area contributed by atoms with Gasteiger partial charge in [0.25, 0.3) is 5.91 Å². The van der Waals surface area contributed by atoms with Gasteiger partial charge in [-0.05, 0) is 19.1 Å². The molecule has 0 unspecified atom stereocenters. The molecule has 1 N–H and O–H groups in total. The number of amides is 1. The number of nitrogens with zero attached hydrogens (tertiary/aromatic N) is 1. The summed E-state index contributed by atoms with van der Waals surface area (Å²) >= 11 is 0. The summed E-state index contributed by atoms with van der Waals surface area (Å²) in [6.07, 6.45) is 0. The lowest BCUT2D eigenvalue weighted by molar-refractivity contribution is -0.120. The third kappa shape index (κ3) is 2.00. The normalized spacial score (nSPS) is 21.0. The van der Waals surface area contributed by atoms with E-state index in [4.69, 9.17) is 14.7 Å². The zero-order valence-electron chi connectivity index (χ0n) is 9.91. The van der Waals surface area contributed by atoms with E-state index in [9.17, 15) is 9.18 Å². The highest BCUT2D eigenvalue weighted by Gasteiger charge is 2.47. The molecular formula is C12H11FN2O3. The number of ether oxygens (including phenoxy) is 2. The lowest BCUT2D eigenvalue weighted by atomic mass is 10.1. The van der Waals surface area contributed by atoms with Gasteiger partial charge in [0.05, 0.1) is 25.0 Å². The van der Waals surface area contributed by atoms with Crippen molar-refractivity contribution < 1.29 is 18.7 Å². The fourth-order valence-electron chi connectivity index (χ4n) is 1.43. The molecule has 0 saturated carbocycles. The Morgan fingerprint density at radius 1 is 1.67 bits per heavy atom. The predicted molar refractivity (Wildman–Crippen MR) is 60.7 cm³/mol. The van der Waals surface area contributed by atoms with Crippen LogP contribution in [-0.2, 0) is 9.53 Å². The molecule has 94 valence electrons. The maximum atomic E-state index is 14.0. The van der Waals surface area contributed by atoms with E-state index in [-0.39, 0.29) is 17.0 Å². The van der Waals surface area contributed by atoms with Crippen molar-refractivity contribution in [3.8, 4) is 11.8 Å². The van der Waals surface area contributed by atoms with Gasteiger partial charge in [-0.25, -0.2) is 4.39 Å². The molecule has 0 radical (unpaired) electrons. The number of nitrogens with one attached hydrogen (secondary N) is 1. The second-order valence-electron chi connectivity index (χ2n) is 4.09. The molecule has 1 fully saturated rings. The Bertz CT molecular complexity index is 547. The summed E-state index contributed by atoms with van der Waals surface area (Å²) in [6, 6.07) is 4.51. The topological polar surface area (TPSA) is 74.6 Å². The molecule has 1 amide bonds. The van der Waals surface area contributed by atoms with Gasteiger partial charge < -0.3 is 14.8 Å². The molecule has 6 heteroatoms. The standard InChI is InChI=1S/C12H11FN2O3/c1-12(6-18-12)11(16)15-8-4-3-7(5-14)10(17-2)9(8)13/h3-4H,6H2,1-2H3,(H,15,16)/t12-/m0/s1. The van der Waals surface area contributed by atoms with Crippen LogP contribution in [0, 0.1) is 17.1 Å². The number of anilines is 1. The summed E-state index contributed by atoms with van der Waals surface area (Å²) in [5, 5.41) is 11.2. The Morgan fingerprint density at radius 2 is 2.33 bits per heavy atom. The van der Waals surface area contributed by atoms with Crippen LogP contribution in [0.15, 0.2) is 12.1 Å². The van der Waals surface area contributed by atoms with Gasteiger partial charge >= 0.3 is 0 Å². The van der Waals surface area contributed by atoms with E-state index in [1.54, 1.807) is 6.92 Å². The van der Waals surface area contributed by atoms with Crippen molar-refractivity contribution in [2.24, 2.45) is 0 Å². The van der Waals surface area contributed by atoms with Gasteiger partial charge in [0.15, 0.2) is 17.2 Å². The Balaban J connectivity index is 2.30. The van der Waals surface area contributed by atoms with Crippen LogP contribution in [-0.4, -0.2) is 25.2 Å². The highest BCUT2D eigenvalue weighted by atomic mass is 19.1. The molecule has 1 aliphatic heterocycles. The van der Waals surface area contributed by atoms with E-state index in [0.717, 1.165) is 0 Å². The number of carbonyl (C=O) groups is 1. The Labute approximate surface area is 103 Å². The van der Waals surface area contributed by atoms with E-state index < -0.39 is 17.3 Å². The van der Waals surface area contributed by atoms with Gasteiger partial charge in [-0.3, -0.25) is 4.79 Å². The van der Waals surface area contributed by atoms with Crippen molar-refractivity contribution in [1.82, 2.24) is 0 Å². The van der Waals surface area contributed by atoms with Gasteiger partial charge in [-0.2, -0.15) is 5.26 Å². The minimum atomic E-state index is -0.881. The van der Waals surface area contributed by atoms with Crippen LogP contribution in [0.25, 0.3) is 0 Å². The smallest absolute Gasteiger partial charge is 0.258 e. The molecule has 18 heavy (non-hydrogen) atoms. The summed E-state index contributed by atoms with van der Waals surface area (Å²) in [4.78, 5) is 11.7. The average Bonchev–Trinajstić information content (AvgIpc) is 3.10. The first-order chi connectivity index (χ1) is 8.51. The van der Waals surface area contributed by atoms with Crippen molar-refractivity contribution >= 4 is 11.6 Å². The largest absolute Gasteiger partial charge is 0.492 e. The first kappa shape index (κ1) is 12.3. The Morgan fingerprint density at radius 3 is 2.83 bits per heavy atom. The lowest BCUT2D eigenvalue weighted by Crippen LogP contribution is -2.28. The number of carbonyl (C=O) groups excluding carboxylic acids is 1. The first-order valence-corrected chi connectivity index (χ1v) is 5.24. The van der Waals surface area contributed by atoms with Crippen molar-refractivity contribution in [2.75, 3.05) is 19.0 Å². The molecule has 5 nitrogen and oxygen atoms in total. The number of rotatable bonds is 3. The fraction of sp³-hybridized carbons (Fsp3) is 0.333. The quantitative estimate of drug-likeness (QED) is 0.823. The number of nitriles is 1. The van der Waals surface area contributed by atoms with Crippen LogP contribution in [0.5, 0.6) is 5.75 Å². The van der Waals surface area contributed by atoms with E-state index >= 15 is 0 Å². The molecule has 2 rings (SSSR count). The monoisotopic (exact) mass is 250 g/mol. The average molecular weight is 250 g/mol. The van der Waals surface area contributed by atoms with Gasteiger partial charge in [0.2, 0.25) is 0 Å². The van der Waals surface area contributed by atoms with Crippen LogP contribution >= 0.6 is 0 Å². The molecule has 0 aliphatic carbocycles. The Hall–Kier alpha value is -2.13. The number of methoxy groups -OCH3 is 1. The van der Waals surface area contributed by atoms with Crippen molar-refractivity contribution in [2.45, 2.75) is 12.5 Å². The molecule has 0 aromatic heterocycles. The van der Waals surface area contributed by atoms with E-state index in [0.29, 0.717) is 6.61 Å². The highest BCUT2D eigenvalue weighted by molar-refractivity contribution is 5.99. The van der Waals surface area contributed by atoms with Crippen LogP contribution in [0.2, 0.25) is 0 Å². The summed E-state index contributed by atoms with van der Waals surface area (Å²) in [6.45, 7) is 1.93. The second kappa shape index (κ2) is 4.27. The van der Waals surface area contributed by atoms with Gasteiger partial charge in [0.1, 0.15) is 6.07 Å². The highest BCUT2D eigenvalue weighted by Crippen LogP contribution is 2.31. The summed E-state index contributed by atoms with van der Waals surface area (Å²) < 4.78 is 23.7. The summed E-state index contributed by atoms with van der Waals surface area (Å²) in [5.74, 6) is -1.38. The van der Waals surface area contributed by atoms with Gasteiger partial charge in [-0.1, -0.05) is 0 Å². The molecule has 1 aromatic carbocycles. The van der Waals surface area contributed by atoms with Gasteiger partial charge in [-0.15, -0.1) is 0 Å². The molecule has 1 saturated heterocycles. The number of hydrogen-bond donors (Lipinski definition) is 1. The third-order valence-corrected chi connectivity index (χ3v) is 2.73. The predicted octanol–water partition coefficient (Wildman–Crippen LogP) is 1.43. The summed E-state index contributed by atoms with van der Waals surface area (Å²) in [5.41, 5.74) is -0.845. The Kier molecular flexibility index (Phi) is 2.93. The maximum absolute atomic E-state index is 14.0. The zero-order valence-corrected chi connectivity index (χ0v) is 9.91. The molecule has 1 aliphatic rings. The molecule has 1 heterocycles. The van der Waals surface area contributed by atoms with E-state index in [2.05, 4.69) is 5.32 Å². The lowest BCUT2D eigenvalue weighted by Gasteiger charge is -2.11. The first-order valence-electron chi connectivity index (χ1n) is 5.24. The van der Waals surface area contributed by atoms with E-state index in [1.165, 1.54) is 19.2 Å². The minimum absolute atomic E-state index is 0.0347. The maximum Gasteiger partial charge on any atom is 0.258 e. The van der Waals surface area contributed by atoms with Crippen LogP contribution < -0.4 is 10.1 Å². The molecule has 1 aromatic rings. The van der Waals surface area contributed by atoms with E-state index in [1.807, 2.05) is 6.07 Å². The minimum Gasteiger partial charge on any atom is -0.492 e. The molecule has 0 bridgehead atoms. The number of benzene rings is 1. The molecule has 1 atom stereocenters. The van der Waals surface area contributed by atoms with Crippen molar-refractivity contribution in [3.63, 3.8) is 0 Å². The number of epoxide rings is 1. The summed E-state index contributed by atoms with van der Waals surface area (Å²) in [7, 11) is 1.26. The van der Waals surface area contributed by atoms with Crippen LogP contribution in [0.3, 0.4) is 0 Å². The second-order valence-corrected chi connectivity index (χ2v) is 4.09. The van der Waals surface area contributed by atoms with Crippen LogP contribution in [0.1, 0.15) is 12.5 Å². The zero-order chi connectivity index (χ0) is 13.3. The van der Waals surface area contributed by atoms with Crippen molar-refractivity contribution in [1.29, 1.82) is 5.26 Å². The fourth-order valence-corrected chi connectivity index (χ4v) is 1.43. The van der Waals surface area contributed by atoms with Gasteiger partial charge in [0, 0.05) is 0 Å².